The molecule has 1 aliphatic rings. The van der Waals surface area contributed by atoms with Crippen LogP contribution in [0, 0.1) is 3.57 Å². The van der Waals surface area contributed by atoms with Gasteiger partial charge in [-0.15, -0.1) is 0 Å². The first-order chi connectivity index (χ1) is 14.9. The van der Waals surface area contributed by atoms with Crippen LogP contribution < -0.4 is 9.64 Å². The molecule has 0 N–H and O–H groups in total. The van der Waals surface area contributed by atoms with Crippen molar-refractivity contribution < 1.29 is 14.3 Å². The normalized spacial score (nSPS) is 14.9. The minimum absolute atomic E-state index is 0.224. The van der Waals surface area contributed by atoms with Crippen molar-refractivity contribution in [2.75, 3.05) is 4.90 Å². The van der Waals surface area contributed by atoms with Gasteiger partial charge in [0, 0.05) is 8.59 Å². The molecule has 0 spiro atoms. The first kappa shape index (κ1) is 22.0. The number of esters is 1. The van der Waals surface area contributed by atoms with E-state index in [4.69, 9.17) is 28.6 Å². The molecule has 0 aromatic heterocycles. The van der Waals surface area contributed by atoms with E-state index in [1.165, 1.54) is 16.7 Å². The van der Waals surface area contributed by atoms with Crippen LogP contribution in [0.1, 0.15) is 15.9 Å². The third kappa shape index (κ3) is 5.01. The average Bonchev–Trinajstić information content (AvgIpc) is 3.01. The molecular formula is C23H13ClINO3S2. The topological polar surface area (TPSA) is 46.6 Å². The Morgan fingerprint density at radius 1 is 1.06 bits per heavy atom. The van der Waals surface area contributed by atoms with Crippen LogP contribution in [0.2, 0.25) is 5.02 Å². The second-order valence-electron chi connectivity index (χ2n) is 6.44. The highest BCUT2D eigenvalue weighted by Crippen LogP contribution is 2.37. The molecule has 0 unspecified atom stereocenters. The predicted octanol–water partition coefficient (Wildman–Crippen LogP) is 6.57. The third-order valence-electron chi connectivity index (χ3n) is 4.32. The SMILES string of the molecule is O=C(Oc1cccc(/C=C2\SC(=S)N(c3cccc(Cl)c3)C2=O)c1)c1ccccc1I. The molecular weight excluding hydrogens is 565 g/mol. The molecule has 8 heteroatoms. The highest BCUT2D eigenvalue weighted by Gasteiger charge is 2.33. The fourth-order valence-electron chi connectivity index (χ4n) is 2.91. The maximum absolute atomic E-state index is 12.9. The van der Waals surface area contributed by atoms with E-state index in [1.54, 1.807) is 60.7 Å². The monoisotopic (exact) mass is 577 g/mol. The van der Waals surface area contributed by atoms with Crippen molar-refractivity contribution in [2.45, 2.75) is 0 Å². The number of thiocarbonyl (C=S) groups is 1. The van der Waals surface area contributed by atoms with Gasteiger partial charge in [0.1, 0.15) is 5.75 Å². The summed E-state index contributed by atoms with van der Waals surface area (Å²) in [7, 11) is 0. The highest BCUT2D eigenvalue weighted by molar-refractivity contribution is 14.1. The second-order valence-corrected chi connectivity index (χ2v) is 9.71. The molecule has 4 nitrogen and oxygen atoms in total. The second kappa shape index (κ2) is 9.52. The van der Waals surface area contributed by atoms with Crippen molar-refractivity contribution in [2.24, 2.45) is 0 Å². The Bertz CT molecular complexity index is 1240. The van der Waals surface area contributed by atoms with Gasteiger partial charge in [-0.1, -0.05) is 65.9 Å². The van der Waals surface area contributed by atoms with Gasteiger partial charge in [-0.3, -0.25) is 9.69 Å². The van der Waals surface area contributed by atoms with Crippen LogP contribution in [0.5, 0.6) is 5.75 Å². The number of hydrogen-bond acceptors (Lipinski definition) is 5. The van der Waals surface area contributed by atoms with Crippen molar-refractivity contribution in [1.82, 2.24) is 0 Å². The van der Waals surface area contributed by atoms with Crippen LogP contribution in [-0.2, 0) is 4.79 Å². The molecule has 0 aliphatic carbocycles. The zero-order valence-corrected chi connectivity index (χ0v) is 20.3. The van der Waals surface area contributed by atoms with Crippen LogP contribution in [0.3, 0.4) is 0 Å². The van der Waals surface area contributed by atoms with Crippen molar-refractivity contribution in [3.05, 3.63) is 97.4 Å². The van der Waals surface area contributed by atoms with Gasteiger partial charge in [0.15, 0.2) is 4.32 Å². The zero-order chi connectivity index (χ0) is 22.0. The standard InChI is InChI=1S/C23H13ClINO3S2/c24-15-6-4-7-16(13-15)26-21(27)20(31-23(26)30)12-14-5-3-8-17(11-14)29-22(28)18-9-1-2-10-19(18)25/h1-13H/b20-12-. The first-order valence-corrected chi connectivity index (χ1v) is 11.7. The van der Waals surface area contributed by atoms with Crippen LogP contribution in [0.4, 0.5) is 5.69 Å². The average molecular weight is 578 g/mol. The van der Waals surface area contributed by atoms with Crippen molar-refractivity contribution in [3.63, 3.8) is 0 Å². The number of carbonyl (C=O) groups is 2. The molecule has 1 fully saturated rings. The van der Waals surface area contributed by atoms with Gasteiger partial charge in [-0.25, -0.2) is 4.79 Å². The zero-order valence-electron chi connectivity index (χ0n) is 15.7. The van der Waals surface area contributed by atoms with Crippen LogP contribution in [0.15, 0.2) is 77.7 Å². The lowest BCUT2D eigenvalue weighted by Gasteiger charge is -2.14. The molecule has 3 aromatic rings. The number of anilines is 1. The summed E-state index contributed by atoms with van der Waals surface area (Å²) >= 11 is 14.8. The fraction of sp³-hybridized carbons (Fsp3) is 0. The molecule has 1 saturated heterocycles. The molecule has 3 aromatic carbocycles. The number of rotatable bonds is 4. The number of carbonyl (C=O) groups excluding carboxylic acids is 2. The molecule has 154 valence electrons. The lowest BCUT2D eigenvalue weighted by Crippen LogP contribution is -2.27. The number of thioether (sulfide) groups is 1. The van der Waals surface area contributed by atoms with E-state index in [0.29, 0.717) is 31.2 Å². The number of halogens is 2. The first-order valence-electron chi connectivity index (χ1n) is 9.03. The lowest BCUT2D eigenvalue weighted by molar-refractivity contribution is -0.113. The number of nitrogens with zero attached hydrogens (tertiary/aromatic N) is 1. The minimum atomic E-state index is -0.436. The Hall–Kier alpha value is -2.20. The molecule has 0 bridgehead atoms. The van der Waals surface area contributed by atoms with Gasteiger partial charge < -0.3 is 4.74 Å². The Morgan fingerprint density at radius 2 is 1.84 bits per heavy atom. The predicted molar refractivity (Wildman–Crippen MR) is 138 cm³/mol. The van der Waals surface area contributed by atoms with Crippen molar-refractivity contribution in [3.8, 4) is 5.75 Å². The highest BCUT2D eigenvalue weighted by atomic mass is 127. The summed E-state index contributed by atoms with van der Waals surface area (Å²) in [5.74, 6) is -0.267. The van der Waals surface area contributed by atoms with Crippen molar-refractivity contribution in [1.29, 1.82) is 0 Å². The third-order valence-corrected chi connectivity index (χ3v) is 6.80. The van der Waals surface area contributed by atoms with E-state index < -0.39 is 5.97 Å². The van der Waals surface area contributed by atoms with Crippen molar-refractivity contribution >= 4 is 86.1 Å². The van der Waals surface area contributed by atoms with E-state index in [1.807, 2.05) is 18.2 Å². The minimum Gasteiger partial charge on any atom is -0.423 e. The molecule has 0 saturated carbocycles. The Morgan fingerprint density at radius 3 is 2.61 bits per heavy atom. The maximum Gasteiger partial charge on any atom is 0.344 e. The summed E-state index contributed by atoms with van der Waals surface area (Å²) in [6.07, 6.45) is 1.73. The summed E-state index contributed by atoms with van der Waals surface area (Å²) in [5.41, 5.74) is 1.84. The van der Waals surface area contributed by atoms with E-state index in [2.05, 4.69) is 22.6 Å². The maximum atomic E-state index is 12.9. The number of amides is 1. The summed E-state index contributed by atoms with van der Waals surface area (Å²) in [5, 5.41) is 0.526. The van der Waals surface area contributed by atoms with E-state index >= 15 is 0 Å². The van der Waals surface area contributed by atoms with Gasteiger partial charge in [0.05, 0.1) is 16.2 Å². The van der Waals surface area contributed by atoms with Gasteiger partial charge in [-0.2, -0.15) is 0 Å². The van der Waals surface area contributed by atoms with Gasteiger partial charge in [-0.05, 0) is 76.7 Å². The Labute approximate surface area is 207 Å². The van der Waals surface area contributed by atoms with Gasteiger partial charge >= 0.3 is 5.97 Å². The smallest absolute Gasteiger partial charge is 0.344 e. The number of ether oxygens (including phenoxy) is 1. The molecule has 0 atom stereocenters. The van der Waals surface area contributed by atoms with Crippen LogP contribution >= 0.6 is 58.2 Å². The molecule has 1 heterocycles. The molecule has 31 heavy (non-hydrogen) atoms. The number of benzene rings is 3. The van der Waals surface area contributed by atoms with Crippen LogP contribution in [0.25, 0.3) is 6.08 Å². The molecule has 1 aliphatic heterocycles. The summed E-state index contributed by atoms with van der Waals surface area (Å²) in [4.78, 5) is 27.4. The largest absolute Gasteiger partial charge is 0.423 e. The Balaban J connectivity index is 1.56. The summed E-state index contributed by atoms with van der Waals surface area (Å²) in [6.45, 7) is 0. The quantitative estimate of drug-likeness (QED) is 0.115. The fourth-order valence-corrected chi connectivity index (χ4v) is 5.00. The van der Waals surface area contributed by atoms with Gasteiger partial charge in [0.25, 0.3) is 5.91 Å². The van der Waals surface area contributed by atoms with E-state index in [9.17, 15) is 9.59 Å². The molecule has 1 amide bonds. The lowest BCUT2D eigenvalue weighted by atomic mass is 10.2. The summed E-state index contributed by atoms with van der Waals surface area (Å²) in [6, 6.07) is 21.2. The number of hydrogen-bond donors (Lipinski definition) is 0. The summed E-state index contributed by atoms with van der Waals surface area (Å²) < 4.78 is 6.76. The van der Waals surface area contributed by atoms with Crippen LogP contribution in [-0.4, -0.2) is 16.2 Å². The molecule has 0 radical (unpaired) electrons. The van der Waals surface area contributed by atoms with E-state index in [-0.39, 0.29) is 5.91 Å². The van der Waals surface area contributed by atoms with Gasteiger partial charge in [0.2, 0.25) is 0 Å². The van der Waals surface area contributed by atoms with E-state index in [0.717, 1.165) is 9.13 Å². The molecule has 4 rings (SSSR count). The Kier molecular flexibility index (Phi) is 6.76.